The normalized spacial score (nSPS) is 14.4. The Morgan fingerprint density at radius 1 is 0.944 bits per heavy atom. The molecule has 4 unspecified atom stereocenters. The standard InChI is InChI=1S/C24H34N6O6/c1-13(2)8-19(23(34)30-20(24(35)36)10-16-11-26-12-27-16)29-21(32)14(3)28-22(33)18(25)9-15-4-6-17(31)7-5-15/h4-7,11-14,18-20,31H,8-10,25H2,1-3H3,(H,26,27)(H,28,33)(H,29,32)(H,30,34)(H,35,36). The van der Waals surface area contributed by atoms with E-state index in [9.17, 15) is 29.4 Å². The molecule has 1 heterocycles. The molecule has 0 aliphatic heterocycles. The zero-order valence-corrected chi connectivity index (χ0v) is 20.5. The maximum absolute atomic E-state index is 12.9. The Kier molecular flexibility index (Phi) is 10.4. The highest BCUT2D eigenvalue weighted by Crippen LogP contribution is 2.11. The molecule has 0 saturated heterocycles. The number of nitrogens with one attached hydrogen (secondary N) is 4. The van der Waals surface area contributed by atoms with Crippen LogP contribution in [-0.4, -0.2) is 68.0 Å². The van der Waals surface area contributed by atoms with Gasteiger partial charge in [0.15, 0.2) is 0 Å². The Labute approximate surface area is 209 Å². The van der Waals surface area contributed by atoms with Crippen molar-refractivity contribution in [1.82, 2.24) is 25.9 Å². The van der Waals surface area contributed by atoms with Gasteiger partial charge >= 0.3 is 5.97 Å². The summed E-state index contributed by atoms with van der Waals surface area (Å²) in [6.07, 6.45) is 3.33. The summed E-state index contributed by atoms with van der Waals surface area (Å²) in [5.41, 5.74) is 7.23. The number of rotatable bonds is 13. The van der Waals surface area contributed by atoms with Crippen molar-refractivity contribution in [3.8, 4) is 5.75 Å². The van der Waals surface area contributed by atoms with E-state index in [1.54, 1.807) is 12.1 Å². The van der Waals surface area contributed by atoms with Crippen molar-refractivity contribution in [2.45, 2.75) is 64.2 Å². The molecule has 0 aliphatic carbocycles. The minimum absolute atomic E-state index is 0.00516. The molecule has 196 valence electrons. The molecule has 36 heavy (non-hydrogen) atoms. The highest BCUT2D eigenvalue weighted by Gasteiger charge is 2.29. The van der Waals surface area contributed by atoms with Crippen LogP contribution in [0.15, 0.2) is 36.8 Å². The van der Waals surface area contributed by atoms with Gasteiger partial charge in [0.25, 0.3) is 0 Å². The number of carbonyl (C=O) groups is 4. The Hall–Kier alpha value is -3.93. The number of carboxylic acid groups (broad SMARTS) is 1. The minimum Gasteiger partial charge on any atom is -0.508 e. The van der Waals surface area contributed by atoms with Gasteiger partial charge in [-0.05, 0) is 43.4 Å². The van der Waals surface area contributed by atoms with E-state index in [1.165, 1.54) is 31.6 Å². The van der Waals surface area contributed by atoms with E-state index < -0.39 is 47.9 Å². The molecular formula is C24H34N6O6. The van der Waals surface area contributed by atoms with Gasteiger partial charge in [-0.15, -0.1) is 0 Å². The lowest BCUT2D eigenvalue weighted by molar-refractivity contribution is -0.142. The number of aliphatic carboxylic acids is 1. The largest absolute Gasteiger partial charge is 0.508 e. The third-order valence-corrected chi connectivity index (χ3v) is 5.41. The number of phenols is 1. The Morgan fingerprint density at radius 2 is 1.58 bits per heavy atom. The number of carboxylic acids is 1. The minimum atomic E-state index is -1.23. The van der Waals surface area contributed by atoms with Crippen molar-refractivity contribution in [2.75, 3.05) is 0 Å². The van der Waals surface area contributed by atoms with Crippen LogP contribution in [0.1, 0.15) is 38.4 Å². The molecule has 1 aromatic heterocycles. The van der Waals surface area contributed by atoms with Gasteiger partial charge in [-0.3, -0.25) is 14.4 Å². The first-order chi connectivity index (χ1) is 17.0. The van der Waals surface area contributed by atoms with Gasteiger partial charge in [-0.1, -0.05) is 26.0 Å². The van der Waals surface area contributed by atoms with Crippen LogP contribution in [0.3, 0.4) is 0 Å². The van der Waals surface area contributed by atoms with E-state index in [0.717, 1.165) is 5.56 Å². The highest BCUT2D eigenvalue weighted by atomic mass is 16.4. The number of benzene rings is 1. The summed E-state index contributed by atoms with van der Waals surface area (Å²) in [4.78, 5) is 56.4. The van der Waals surface area contributed by atoms with Crippen LogP contribution in [0.5, 0.6) is 5.75 Å². The lowest BCUT2D eigenvalue weighted by Crippen LogP contribution is -2.57. The smallest absolute Gasteiger partial charge is 0.326 e. The Balaban J connectivity index is 1.97. The number of aromatic hydroxyl groups is 1. The average Bonchev–Trinajstić information content (AvgIpc) is 3.32. The number of imidazole rings is 1. The van der Waals surface area contributed by atoms with E-state index >= 15 is 0 Å². The number of nitrogens with two attached hydrogens (primary N) is 1. The number of phenolic OH excluding ortho intramolecular Hbond substituents is 1. The average molecular weight is 503 g/mol. The lowest BCUT2D eigenvalue weighted by atomic mass is 10.0. The summed E-state index contributed by atoms with van der Waals surface area (Å²) in [7, 11) is 0. The molecule has 2 aromatic rings. The van der Waals surface area contributed by atoms with Gasteiger partial charge in [0, 0.05) is 18.3 Å². The summed E-state index contributed by atoms with van der Waals surface area (Å²) >= 11 is 0. The van der Waals surface area contributed by atoms with Crippen molar-refractivity contribution in [2.24, 2.45) is 11.7 Å². The van der Waals surface area contributed by atoms with Crippen molar-refractivity contribution in [3.63, 3.8) is 0 Å². The quantitative estimate of drug-likeness (QED) is 0.196. The molecule has 8 N–H and O–H groups in total. The number of carbonyl (C=O) groups excluding carboxylic acids is 3. The molecular weight excluding hydrogens is 468 g/mol. The van der Waals surface area contributed by atoms with Crippen LogP contribution < -0.4 is 21.7 Å². The monoisotopic (exact) mass is 502 g/mol. The fourth-order valence-corrected chi connectivity index (χ4v) is 3.45. The fraction of sp³-hybridized carbons (Fsp3) is 0.458. The molecule has 0 bridgehead atoms. The summed E-state index contributed by atoms with van der Waals surface area (Å²) in [5, 5.41) is 26.5. The Bertz CT molecular complexity index is 1020. The second-order valence-corrected chi connectivity index (χ2v) is 9.08. The molecule has 4 atom stereocenters. The Morgan fingerprint density at radius 3 is 2.14 bits per heavy atom. The second-order valence-electron chi connectivity index (χ2n) is 9.08. The van der Waals surface area contributed by atoms with E-state index in [1.807, 2.05) is 13.8 Å². The highest BCUT2D eigenvalue weighted by molar-refractivity contribution is 5.94. The first-order valence-electron chi connectivity index (χ1n) is 11.6. The summed E-state index contributed by atoms with van der Waals surface area (Å²) in [6.45, 7) is 5.18. The number of hydrogen-bond donors (Lipinski definition) is 7. The SMILES string of the molecule is CC(C)CC(NC(=O)C(C)NC(=O)C(N)Cc1ccc(O)cc1)C(=O)NC(Cc1cnc[nH]1)C(=O)O. The topological polar surface area (TPSA) is 200 Å². The molecule has 12 heteroatoms. The first kappa shape index (κ1) is 28.3. The molecule has 1 aromatic carbocycles. The van der Waals surface area contributed by atoms with Crippen LogP contribution in [0, 0.1) is 5.92 Å². The number of nitrogens with zero attached hydrogens (tertiary/aromatic N) is 1. The zero-order chi connectivity index (χ0) is 26.8. The van der Waals surface area contributed by atoms with Crippen LogP contribution in [0.25, 0.3) is 0 Å². The van der Waals surface area contributed by atoms with Gasteiger partial charge in [-0.25, -0.2) is 9.78 Å². The van der Waals surface area contributed by atoms with E-state index in [-0.39, 0.29) is 30.9 Å². The zero-order valence-electron chi connectivity index (χ0n) is 20.5. The van der Waals surface area contributed by atoms with Crippen molar-refractivity contribution >= 4 is 23.7 Å². The number of aromatic amines is 1. The number of aromatic nitrogens is 2. The van der Waals surface area contributed by atoms with Crippen molar-refractivity contribution in [1.29, 1.82) is 0 Å². The molecule has 0 radical (unpaired) electrons. The second kappa shape index (κ2) is 13.2. The molecule has 3 amide bonds. The predicted molar refractivity (Wildman–Crippen MR) is 131 cm³/mol. The third-order valence-electron chi connectivity index (χ3n) is 5.41. The van der Waals surface area contributed by atoms with Crippen molar-refractivity contribution in [3.05, 3.63) is 48.0 Å². The summed E-state index contributed by atoms with van der Waals surface area (Å²) in [5.74, 6) is -2.93. The number of amides is 3. The number of hydrogen-bond acceptors (Lipinski definition) is 7. The lowest BCUT2D eigenvalue weighted by Gasteiger charge is -2.24. The first-order valence-corrected chi connectivity index (χ1v) is 11.6. The number of H-pyrrole nitrogens is 1. The van der Waals surface area contributed by atoms with Gasteiger partial charge in [0.05, 0.1) is 12.4 Å². The summed E-state index contributed by atoms with van der Waals surface area (Å²) in [6, 6.07) is 2.10. The van der Waals surface area contributed by atoms with Gasteiger partial charge < -0.3 is 36.9 Å². The fourth-order valence-electron chi connectivity index (χ4n) is 3.45. The van der Waals surface area contributed by atoms with E-state index in [0.29, 0.717) is 5.69 Å². The predicted octanol–water partition coefficient (Wildman–Crippen LogP) is -0.167. The maximum atomic E-state index is 12.9. The van der Waals surface area contributed by atoms with E-state index in [2.05, 4.69) is 25.9 Å². The van der Waals surface area contributed by atoms with Gasteiger partial charge in [0.1, 0.15) is 23.9 Å². The van der Waals surface area contributed by atoms with Crippen LogP contribution >= 0.6 is 0 Å². The molecule has 0 spiro atoms. The molecule has 12 nitrogen and oxygen atoms in total. The third kappa shape index (κ3) is 9.02. The van der Waals surface area contributed by atoms with Gasteiger partial charge in [-0.2, -0.15) is 0 Å². The van der Waals surface area contributed by atoms with Crippen LogP contribution in [0.4, 0.5) is 0 Å². The molecule has 0 saturated carbocycles. The van der Waals surface area contributed by atoms with Crippen molar-refractivity contribution < 1.29 is 29.4 Å². The van der Waals surface area contributed by atoms with Crippen LogP contribution in [0.2, 0.25) is 0 Å². The molecule has 2 rings (SSSR count). The van der Waals surface area contributed by atoms with Gasteiger partial charge in [0.2, 0.25) is 17.7 Å². The maximum Gasteiger partial charge on any atom is 0.326 e. The summed E-state index contributed by atoms with van der Waals surface area (Å²) < 4.78 is 0. The molecule has 0 aliphatic rings. The van der Waals surface area contributed by atoms with Crippen LogP contribution in [-0.2, 0) is 32.0 Å². The van der Waals surface area contributed by atoms with E-state index in [4.69, 9.17) is 5.73 Å². The molecule has 0 fully saturated rings.